The number of aryl methyl sites for hydroxylation is 2. The molecule has 0 unspecified atom stereocenters. The van der Waals surface area contributed by atoms with Gasteiger partial charge in [-0.25, -0.2) is 8.42 Å². The van der Waals surface area contributed by atoms with Crippen LogP contribution in [0.1, 0.15) is 27.0 Å². The van der Waals surface area contributed by atoms with Crippen molar-refractivity contribution in [3.05, 3.63) is 89.0 Å². The molecule has 3 aromatic carbocycles. The van der Waals surface area contributed by atoms with Gasteiger partial charge in [0.25, 0.3) is 15.9 Å². The number of halogens is 3. The van der Waals surface area contributed by atoms with Crippen molar-refractivity contribution >= 4 is 27.3 Å². The molecule has 0 aliphatic heterocycles. The van der Waals surface area contributed by atoms with Gasteiger partial charge < -0.3 is 5.32 Å². The zero-order valence-electron chi connectivity index (χ0n) is 16.6. The van der Waals surface area contributed by atoms with Gasteiger partial charge in [0.15, 0.2) is 0 Å². The van der Waals surface area contributed by atoms with E-state index in [4.69, 9.17) is 0 Å². The van der Waals surface area contributed by atoms with E-state index in [1.165, 1.54) is 30.3 Å². The van der Waals surface area contributed by atoms with Crippen molar-refractivity contribution in [2.75, 3.05) is 10.0 Å². The predicted molar refractivity (Wildman–Crippen MR) is 113 cm³/mol. The van der Waals surface area contributed by atoms with Crippen LogP contribution in [0.3, 0.4) is 0 Å². The van der Waals surface area contributed by atoms with Crippen molar-refractivity contribution in [2.45, 2.75) is 24.9 Å². The summed E-state index contributed by atoms with van der Waals surface area (Å²) < 4.78 is 66.7. The standard InChI is InChI=1S/C22H19F3N2O3S/c1-14-10-11-18(31(29,30)27-20-9-4-3-6-15(20)2)13-19(14)21(28)26-17-8-5-7-16(12-17)22(23,24)25/h3-13,27H,1-2H3,(H,26,28). The number of sulfonamides is 1. The van der Waals surface area contributed by atoms with Crippen LogP contribution in [0.5, 0.6) is 0 Å². The lowest BCUT2D eigenvalue weighted by Gasteiger charge is -2.13. The van der Waals surface area contributed by atoms with Gasteiger partial charge in [0.1, 0.15) is 0 Å². The number of amides is 1. The third-order valence-corrected chi connectivity index (χ3v) is 5.96. The molecule has 0 spiro atoms. The van der Waals surface area contributed by atoms with Gasteiger partial charge in [-0.15, -0.1) is 0 Å². The van der Waals surface area contributed by atoms with E-state index in [2.05, 4.69) is 10.0 Å². The number of benzene rings is 3. The fourth-order valence-corrected chi connectivity index (χ4v) is 4.03. The molecular formula is C22H19F3N2O3S. The molecule has 0 atom stereocenters. The van der Waals surface area contributed by atoms with Gasteiger partial charge in [0.05, 0.1) is 16.1 Å². The zero-order chi connectivity index (χ0) is 22.8. The van der Waals surface area contributed by atoms with E-state index >= 15 is 0 Å². The molecule has 0 aliphatic rings. The van der Waals surface area contributed by atoms with E-state index in [1.54, 1.807) is 38.1 Å². The lowest BCUT2D eigenvalue weighted by atomic mass is 10.1. The van der Waals surface area contributed by atoms with Crippen molar-refractivity contribution in [1.82, 2.24) is 0 Å². The molecule has 2 N–H and O–H groups in total. The summed E-state index contributed by atoms with van der Waals surface area (Å²) >= 11 is 0. The molecule has 5 nitrogen and oxygen atoms in total. The third kappa shape index (κ3) is 5.24. The molecule has 162 valence electrons. The second-order valence-corrected chi connectivity index (χ2v) is 8.61. The number of rotatable bonds is 5. The van der Waals surface area contributed by atoms with Crippen molar-refractivity contribution in [3.8, 4) is 0 Å². The first-order valence-electron chi connectivity index (χ1n) is 9.15. The number of nitrogens with one attached hydrogen (secondary N) is 2. The second kappa shape index (κ2) is 8.43. The van der Waals surface area contributed by atoms with Gasteiger partial charge in [-0.05, 0) is 61.4 Å². The highest BCUT2D eigenvalue weighted by Gasteiger charge is 2.30. The first-order chi connectivity index (χ1) is 14.5. The highest BCUT2D eigenvalue weighted by Crippen LogP contribution is 2.31. The molecule has 0 saturated heterocycles. The van der Waals surface area contributed by atoms with E-state index in [9.17, 15) is 26.4 Å². The number of para-hydroxylation sites is 1. The van der Waals surface area contributed by atoms with Gasteiger partial charge in [-0.2, -0.15) is 13.2 Å². The highest BCUT2D eigenvalue weighted by atomic mass is 32.2. The summed E-state index contributed by atoms with van der Waals surface area (Å²) in [5, 5.41) is 2.39. The van der Waals surface area contributed by atoms with Gasteiger partial charge in [-0.3, -0.25) is 9.52 Å². The van der Waals surface area contributed by atoms with Crippen LogP contribution >= 0.6 is 0 Å². The summed E-state index contributed by atoms with van der Waals surface area (Å²) in [4.78, 5) is 12.5. The molecule has 1 amide bonds. The van der Waals surface area contributed by atoms with Crippen LogP contribution < -0.4 is 10.0 Å². The Morgan fingerprint density at radius 3 is 2.26 bits per heavy atom. The molecule has 0 bridgehead atoms. The number of carbonyl (C=O) groups excluding carboxylic acids is 1. The summed E-state index contributed by atoms with van der Waals surface area (Å²) in [6.07, 6.45) is -4.55. The highest BCUT2D eigenvalue weighted by molar-refractivity contribution is 7.92. The summed E-state index contributed by atoms with van der Waals surface area (Å²) in [5.41, 5.74) is 0.675. The Kier molecular flexibility index (Phi) is 6.08. The fourth-order valence-electron chi connectivity index (χ4n) is 2.88. The Morgan fingerprint density at radius 1 is 0.871 bits per heavy atom. The smallest absolute Gasteiger partial charge is 0.322 e. The Morgan fingerprint density at radius 2 is 1.58 bits per heavy atom. The maximum Gasteiger partial charge on any atom is 0.416 e. The van der Waals surface area contributed by atoms with Crippen molar-refractivity contribution in [1.29, 1.82) is 0 Å². The third-order valence-electron chi connectivity index (χ3n) is 4.60. The lowest BCUT2D eigenvalue weighted by Crippen LogP contribution is -2.17. The fraction of sp³-hybridized carbons (Fsp3) is 0.136. The van der Waals surface area contributed by atoms with Crippen LogP contribution in [-0.4, -0.2) is 14.3 Å². The number of hydrogen-bond donors (Lipinski definition) is 2. The van der Waals surface area contributed by atoms with Crippen LogP contribution in [0.15, 0.2) is 71.6 Å². The first kappa shape index (κ1) is 22.4. The second-order valence-electron chi connectivity index (χ2n) is 6.93. The van der Waals surface area contributed by atoms with Crippen LogP contribution in [0, 0.1) is 13.8 Å². The Hall–Kier alpha value is -3.33. The molecular weight excluding hydrogens is 429 g/mol. The quantitative estimate of drug-likeness (QED) is 0.551. The monoisotopic (exact) mass is 448 g/mol. The molecule has 0 aliphatic carbocycles. The Labute approximate surface area is 178 Å². The number of carbonyl (C=O) groups is 1. The lowest BCUT2D eigenvalue weighted by molar-refractivity contribution is -0.137. The van der Waals surface area contributed by atoms with Gasteiger partial charge in [0.2, 0.25) is 0 Å². The SMILES string of the molecule is Cc1ccccc1NS(=O)(=O)c1ccc(C)c(C(=O)Nc2cccc(C(F)(F)F)c2)c1. The minimum Gasteiger partial charge on any atom is -0.322 e. The first-order valence-corrected chi connectivity index (χ1v) is 10.6. The minimum atomic E-state index is -4.55. The van der Waals surface area contributed by atoms with Crippen molar-refractivity contribution in [3.63, 3.8) is 0 Å². The van der Waals surface area contributed by atoms with E-state index < -0.39 is 27.7 Å². The van der Waals surface area contributed by atoms with Gasteiger partial charge in [0, 0.05) is 11.3 Å². The molecule has 3 aromatic rings. The molecule has 9 heteroatoms. The van der Waals surface area contributed by atoms with Crippen LogP contribution in [0.4, 0.5) is 24.5 Å². The van der Waals surface area contributed by atoms with E-state index in [-0.39, 0.29) is 16.1 Å². The summed E-state index contributed by atoms with van der Waals surface area (Å²) in [5.74, 6) is -0.718. The van der Waals surface area contributed by atoms with Crippen LogP contribution in [0.25, 0.3) is 0 Å². The summed E-state index contributed by atoms with van der Waals surface area (Å²) in [6.45, 7) is 3.35. The molecule has 0 radical (unpaired) electrons. The van der Waals surface area contributed by atoms with Gasteiger partial charge >= 0.3 is 6.18 Å². The molecule has 0 aromatic heterocycles. The average Bonchev–Trinajstić information content (AvgIpc) is 2.69. The van der Waals surface area contributed by atoms with Gasteiger partial charge in [-0.1, -0.05) is 30.3 Å². The van der Waals surface area contributed by atoms with Crippen LogP contribution in [-0.2, 0) is 16.2 Å². The maximum absolute atomic E-state index is 12.9. The number of hydrogen-bond acceptors (Lipinski definition) is 3. The minimum absolute atomic E-state index is 0.0325. The molecule has 0 saturated carbocycles. The van der Waals surface area contributed by atoms with Crippen molar-refractivity contribution < 1.29 is 26.4 Å². The molecule has 0 heterocycles. The van der Waals surface area contributed by atoms with Crippen LogP contribution in [0.2, 0.25) is 0 Å². The average molecular weight is 448 g/mol. The van der Waals surface area contributed by atoms with E-state index in [1.807, 2.05) is 0 Å². The van der Waals surface area contributed by atoms with Crippen molar-refractivity contribution in [2.24, 2.45) is 0 Å². The Balaban J connectivity index is 1.89. The van der Waals surface area contributed by atoms with E-state index in [0.29, 0.717) is 11.3 Å². The largest absolute Gasteiger partial charge is 0.416 e. The van der Waals surface area contributed by atoms with E-state index in [0.717, 1.165) is 17.7 Å². The summed E-state index contributed by atoms with van der Waals surface area (Å²) in [7, 11) is -3.99. The predicted octanol–water partition coefficient (Wildman–Crippen LogP) is 5.38. The number of alkyl halides is 3. The maximum atomic E-state index is 12.9. The normalized spacial score (nSPS) is 11.8. The molecule has 3 rings (SSSR count). The topological polar surface area (TPSA) is 75.3 Å². The number of anilines is 2. The summed E-state index contributed by atoms with van der Waals surface area (Å²) in [6, 6.07) is 15.1. The zero-order valence-corrected chi connectivity index (χ0v) is 17.4. The molecule has 31 heavy (non-hydrogen) atoms. The molecule has 0 fully saturated rings. The Bertz CT molecular complexity index is 1240.